The number of ether oxygens (including phenoxy) is 2. The largest absolute Gasteiger partial charge is 0.497 e. The number of aryl methyl sites for hydroxylation is 2. The second kappa shape index (κ2) is 9.54. The average molecular weight is 467 g/mol. The maximum atomic E-state index is 13.3. The molecule has 0 unspecified atom stereocenters. The number of benzene rings is 3. The average Bonchev–Trinajstić information content (AvgIpc) is 2.82. The van der Waals surface area contributed by atoms with Crippen molar-refractivity contribution < 1.29 is 22.7 Å². The minimum absolute atomic E-state index is 0.185. The fourth-order valence-electron chi connectivity index (χ4n) is 3.74. The van der Waals surface area contributed by atoms with Gasteiger partial charge in [0.1, 0.15) is 11.5 Å². The number of sulfonamides is 1. The van der Waals surface area contributed by atoms with Crippen LogP contribution in [0.2, 0.25) is 0 Å². The molecule has 1 aliphatic rings. The third-order valence-electron chi connectivity index (χ3n) is 5.47. The Balaban J connectivity index is 1.50. The van der Waals surface area contributed by atoms with E-state index in [1.165, 1.54) is 4.31 Å². The van der Waals surface area contributed by atoms with Gasteiger partial charge in [-0.05, 0) is 61.7 Å². The molecule has 0 atom stereocenters. The molecular formula is C25H26N2O5S. The maximum Gasteiger partial charge on any atom is 0.264 e. The Morgan fingerprint density at radius 1 is 1.03 bits per heavy atom. The van der Waals surface area contributed by atoms with Gasteiger partial charge in [0.25, 0.3) is 15.9 Å². The lowest BCUT2D eigenvalue weighted by Gasteiger charge is -2.31. The number of methoxy groups -OCH3 is 1. The lowest BCUT2D eigenvalue weighted by atomic mass is 10.0. The summed E-state index contributed by atoms with van der Waals surface area (Å²) >= 11 is 0. The van der Waals surface area contributed by atoms with E-state index in [-0.39, 0.29) is 17.4 Å². The Bertz CT molecular complexity index is 1260. The van der Waals surface area contributed by atoms with E-state index in [4.69, 9.17) is 9.47 Å². The number of carbonyl (C=O) groups excluding carboxylic acids is 1. The Morgan fingerprint density at radius 3 is 2.55 bits per heavy atom. The second-order valence-corrected chi connectivity index (χ2v) is 9.72. The van der Waals surface area contributed by atoms with E-state index in [1.807, 2.05) is 13.0 Å². The summed E-state index contributed by atoms with van der Waals surface area (Å²) in [7, 11) is -2.15. The van der Waals surface area contributed by atoms with Crippen LogP contribution >= 0.6 is 0 Å². The van der Waals surface area contributed by atoms with E-state index >= 15 is 0 Å². The van der Waals surface area contributed by atoms with Crippen molar-refractivity contribution in [2.75, 3.05) is 29.9 Å². The quantitative estimate of drug-likeness (QED) is 0.565. The number of amides is 1. The molecule has 1 N–H and O–H groups in total. The van der Waals surface area contributed by atoms with E-state index in [9.17, 15) is 13.2 Å². The number of fused-ring (bicyclic) bond motifs is 1. The lowest BCUT2D eigenvalue weighted by molar-refractivity contribution is -0.118. The Morgan fingerprint density at radius 2 is 1.79 bits per heavy atom. The number of hydrogen-bond donors (Lipinski definition) is 1. The zero-order valence-corrected chi connectivity index (χ0v) is 19.4. The van der Waals surface area contributed by atoms with Gasteiger partial charge in [-0.3, -0.25) is 9.10 Å². The van der Waals surface area contributed by atoms with Crippen molar-refractivity contribution >= 4 is 27.3 Å². The molecule has 0 spiro atoms. The number of nitrogens with one attached hydrogen (secondary N) is 1. The zero-order valence-electron chi connectivity index (χ0n) is 18.6. The Kier molecular flexibility index (Phi) is 6.55. The van der Waals surface area contributed by atoms with E-state index in [0.717, 1.165) is 24.0 Å². The standard InChI is InChI=1S/C25H26N2O5S/c1-18-8-12-23(13-9-18)33(29,30)27-14-4-5-19-10-11-20(15-24(19)27)26-25(28)17-32-22-7-3-6-21(16-22)31-2/h3,6-13,15-16H,4-5,14,17H2,1-2H3,(H,26,28). The molecule has 33 heavy (non-hydrogen) atoms. The summed E-state index contributed by atoms with van der Waals surface area (Å²) in [6, 6.07) is 19.2. The number of hydrogen-bond acceptors (Lipinski definition) is 5. The van der Waals surface area contributed by atoms with Crippen molar-refractivity contribution in [1.29, 1.82) is 0 Å². The fraction of sp³-hybridized carbons (Fsp3) is 0.240. The van der Waals surface area contributed by atoms with Gasteiger partial charge in [-0.1, -0.05) is 29.8 Å². The molecule has 3 aromatic carbocycles. The van der Waals surface area contributed by atoms with Gasteiger partial charge in [-0.2, -0.15) is 0 Å². The minimum atomic E-state index is -3.71. The summed E-state index contributed by atoms with van der Waals surface area (Å²) in [6.45, 7) is 2.12. The van der Waals surface area contributed by atoms with Gasteiger partial charge in [-0.15, -0.1) is 0 Å². The minimum Gasteiger partial charge on any atom is -0.497 e. The highest BCUT2D eigenvalue weighted by Crippen LogP contribution is 2.34. The van der Waals surface area contributed by atoms with Gasteiger partial charge in [0.15, 0.2) is 6.61 Å². The van der Waals surface area contributed by atoms with Gasteiger partial charge >= 0.3 is 0 Å². The fourth-order valence-corrected chi connectivity index (χ4v) is 5.28. The molecule has 0 saturated heterocycles. The Hall–Kier alpha value is -3.52. The highest BCUT2D eigenvalue weighted by Gasteiger charge is 2.29. The molecule has 1 amide bonds. The van der Waals surface area contributed by atoms with Crippen LogP contribution in [-0.2, 0) is 21.2 Å². The van der Waals surface area contributed by atoms with Crippen molar-refractivity contribution in [3.63, 3.8) is 0 Å². The third kappa shape index (κ3) is 5.12. The van der Waals surface area contributed by atoms with Crippen molar-refractivity contribution in [2.24, 2.45) is 0 Å². The molecule has 7 nitrogen and oxygen atoms in total. The molecule has 0 radical (unpaired) electrons. The monoisotopic (exact) mass is 466 g/mol. The number of carbonyl (C=O) groups is 1. The van der Waals surface area contributed by atoms with Gasteiger partial charge < -0.3 is 14.8 Å². The maximum absolute atomic E-state index is 13.3. The first-order chi connectivity index (χ1) is 15.9. The van der Waals surface area contributed by atoms with Gasteiger partial charge in [0.2, 0.25) is 0 Å². The number of nitrogens with zero attached hydrogens (tertiary/aromatic N) is 1. The molecule has 3 aromatic rings. The number of rotatable bonds is 7. The van der Waals surface area contributed by atoms with Gasteiger partial charge in [0, 0.05) is 18.3 Å². The highest BCUT2D eigenvalue weighted by molar-refractivity contribution is 7.92. The highest BCUT2D eigenvalue weighted by atomic mass is 32.2. The predicted molar refractivity (Wildman–Crippen MR) is 128 cm³/mol. The molecule has 4 rings (SSSR count). The molecule has 0 aromatic heterocycles. The smallest absolute Gasteiger partial charge is 0.264 e. The summed E-state index contributed by atoms with van der Waals surface area (Å²) in [5.74, 6) is 0.810. The SMILES string of the molecule is COc1cccc(OCC(=O)Nc2ccc3c(c2)N(S(=O)(=O)c2ccc(C)cc2)CCC3)c1. The molecule has 0 bridgehead atoms. The molecule has 0 fully saturated rings. The Labute approximate surface area is 194 Å². The molecule has 1 heterocycles. The van der Waals surface area contributed by atoms with Crippen LogP contribution in [0.5, 0.6) is 11.5 Å². The second-order valence-electron chi connectivity index (χ2n) is 7.85. The summed E-state index contributed by atoms with van der Waals surface area (Å²) in [4.78, 5) is 12.7. The van der Waals surface area contributed by atoms with Crippen LogP contribution in [0.25, 0.3) is 0 Å². The van der Waals surface area contributed by atoms with E-state index < -0.39 is 10.0 Å². The van der Waals surface area contributed by atoms with Crippen LogP contribution in [0.1, 0.15) is 17.5 Å². The van der Waals surface area contributed by atoms with Crippen molar-refractivity contribution in [3.8, 4) is 11.5 Å². The zero-order chi connectivity index (χ0) is 23.4. The summed E-state index contributed by atoms with van der Waals surface area (Å²) in [6.07, 6.45) is 1.51. The molecule has 0 saturated carbocycles. The predicted octanol–water partition coefficient (Wildman–Crippen LogP) is 4.16. The van der Waals surface area contributed by atoms with Crippen LogP contribution in [0.3, 0.4) is 0 Å². The van der Waals surface area contributed by atoms with Crippen LogP contribution in [0.15, 0.2) is 71.6 Å². The normalized spacial score (nSPS) is 13.2. The van der Waals surface area contributed by atoms with E-state index in [0.29, 0.717) is 29.4 Å². The first kappa shape index (κ1) is 22.7. The lowest BCUT2D eigenvalue weighted by Crippen LogP contribution is -2.35. The summed E-state index contributed by atoms with van der Waals surface area (Å²) < 4.78 is 38.7. The van der Waals surface area contributed by atoms with E-state index in [1.54, 1.807) is 67.8 Å². The van der Waals surface area contributed by atoms with Crippen molar-refractivity contribution in [3.05, 3.63) is 77.9 Å². The molecule has 0 aliphatic carbocycles. The van der Waals surface area contributed by atoms with Crippen LogP contribution in [-0.4, -0.2) is 34.6 Å². The molecular weight excluding hydrogens is 440 g/mol. The van der Waals surface area contributed by atoms with Crippen LogP contribution < -0.4 is 19.1 Å². The summed E-state index contributed by atoms with van der Waals surface area (Å²) in [5.41, 5.74) is 3.03. The first-order valence-corrected chi connectivity index (χ1v) is 12.1. The molecule has 172 valence electrons. The van der Waals surface area contributed by atoms with Crippen molar-refractivity contribution in [1.82, 2.24) is 0 Å². The molecule has 1 aliphatic heterocycles. The van der Waals surface area contributed by atoms with Crippen LogP contribution in [0.4, 0.5) is 11.4 Å². The molecule has 8 heteroatoms. The van der Waals surface area contributed by atoms with Crippen LogP contribution in [0, 0.1) is 6.92 Å². The van der Waals surface area contributed by atoms with E-state index in [2.05, 4.69) is 5.32 Å². The first-order valence-electron chi connectivity index (χ1n) is 10.7. The van der Waals surface area contributed by atoms with Gasteiger partial charge in [0.05, 0.1) is 17.7 Å². The van der Waals surface area contributed by atoms with Crippen molar-refractivity contribution in [2.45, 2.75) is 24.7 Å². The van der Waals surface area contributed by atoms with Gasteiger partial charge in [-0.25, -0.2) is 8.42 Å². The number of anilines is 2. The topological polar surface area (TPSA) is 84.9 Å². The third-order valence-corrected chi connectivity index (χ3v) is 7.29. The summed E-state index contributed by atoms with van der Waals surface area (Å²) in [5, 5.41) is 2.79.